The number of hydrogen-bond donors (Lipinski definition) is 1. The van der Waals surface area contributed by atoms with Gasteiger partial charge in [0.15, 0.2) is 5.96 Å². The number of nitrogens with two attached hydrogens (primary N) is 1. The van der Waals surface area contributed by atoms with Crippen LogP contribution in [0.1, 0.15) is 26.2 Å². The Morgan fingerprint density at radius 1 is 1.45 bits per heavy atom. The third-order valence-electron chi connectivity index (χ3n) is 3.63. The number of halogens is 1. The maximum atomic E-state index is 6.05. The van der Waals surface area contributed by atoms with Gasteiger partial charge in [0.1, 0.15) is 0 Å². The van der Waals surface area contributed by atoms with Crippen LogP contribution >= 0.6 is 24.0 Å². The molecule has 1 aliphatic heterocycles. The normalized spacial score (nSPS) is 20.1. The number of piperidine rings is 1. The fourth-order valence-corrected chi connectivity index (χ4v) is 2.39. The van der Waals surface area contributed by atoms with Gasteiger partial charge >= 0.3 is 0 Å². The molecule has 20 heavy (non-hydrogen) atoms. The van der Waals surface area contributed by atoms with Gasteiger partial charge in [-0.15, -0.1) is 24.0 Å². The van der Waals surface area contributed by atoms with Crippen molar-refractivity contribution in [3.05, 3.63) is 0 Å². The van der Waals surface area contributed by atoms with E-state index in [-0.39, 0.29) is 24.0 Å². The summed E-state index contributed by atoms with van der Waals surface area (Å²) >= 11 is 0. The molecule has 0 bridgehead atoms. The van der Waals surface area contributed by atoms with Crippen molar-refractivity contribution < 1.29 is 4.74 Å². The summed E-state index contributed by atoms with van der Waals surface area (Å²) in [6.07, 6.45) is 3.59. The van der Waals surface area contributed by atoms with Crippen LogP contribution in [0, 0.1) is 5.92 Å². The fourth-order valence-electron chi connectivity index (χ4n) is 2.39. The van der Waals surface area contributed by atoms with Crippen LogP contribution < -0.4 is 5.73 Å². The van der Waals surface area contributed by atoms with E-state index in [2.05, 4.69) is 28.8 Å². The number of ether oxygens (including phenoxy) is 1. The monoisotopic (exact) mass is 398 g/mol. The van der Waals surface area contributed by atoms with E-state index in [0.717, 1.165) is 57.6 Å². The molecule has 5 nitrogen and oxygen atoms in total. The van der Waals surface area contributed by atoms with Crippen LogP contribution in [0.25, 0.3) is 0 Å². The molecule has 1 heterocycles. The molecule has 0 aromatic rings. The van der Waals surface area contributed by atoms with E-state index in [0.29, 0.717) is 0 Å². The zero-order valence-corrected chi connectivity index (χ0v) is 15.5. The summed E-state index contributed by atoms with van der Waals surface area (Å²) in [5.74, 6) is 1.47. The van der Waals surface area contributed by atoms with Gasteiger partial charge in [0.2, 0.25) is 0 Å². The Morgan fingerprint density at radius 2 is 2.20 bits per heavy atom. The maximum absolute atomic E-state index is 6.05. The fraction of sp³-hybridized carbons (Fsp3) is 0.929. The highest BCUT2D eigenvalue weighted by Crippen LogP contribution is 2.14. The predicted molar refractivity (Wildman–Crippen MR) is 95.9 cm³/mol. The van der Waals surface area contributed by atoms with Crippen LogP contribution in [0.15, 0.2) is 4.99 Å². The molecule has 0 aliphatic carbocycles. The number of rotatable bonds is 7. The van der Waals surface area contributed by atoms with E-state index in [1.807, 2.05) is 0 Å². The molecule has 0 radical (unpaired) electrons. The van der Waals surface area contributed by atoms with Crippen LogP contribution in [-0.4, -0.2) is 69.2 Å². The van der Waals surface area contributed by atoms with Gasteiger partial charge in [0.05, 0.1) is 6.61 Å². The van der Waals surface area contributed by atoms with E-state index in [1.165, 1.54) is 12.8 Å². The Balaban J connectivity index is 0.00000361. The standard InChI is InChI=1S/C14H30N4O.HI/c1-13-6-4-9-18(12-13)14(15)16-7-5-8-17(2)10-11-19-3;/h13H,4-12H2,1-3H3,(H2,15,16);1H. The molecule has 0 amide bonds. The van der Waals surface area contributed by atoms with Gasteiger partial charge in [-0.2, -0.15) is 0 Å². The molecule has 0 saturated carbocycles. The molecule has 0 aromatic carbocycles. The third kappa shape index (κ3) is 8.26. The van der Waals surface area contributed by atoms with Crippen molar-refractivity contribution in [3.63, 3.8) is 0 Å². The third-order valence-corrected chi connectivity index (χ3v) is 3.63. The maximum Gasteiger partial charge on any atom is 0.191 e. The number of guanidine groups is 1. The highest BCUT2D eigenvalue weighted by molar-refractivity contribution is 14.0. The Hall–Kier alpha value is -0.0800. The van der Waals surface area contributed by atoms with Crippen LogP contribution in [0.5, 0.6) is 0 Å². The van der Waals surface area contributed by atoms with Gasteiger partial charge in [0.25, 0.3) is 0 Å². The lowest BCUT2D eigenvalue weighted by atomic mass is 10.0. The summed E-state index contributed by atoms with van der Waals surface area (Å²) in [5.41, 5.74) is 6.05. The van der Waals surface area contributed by atoms with Crippen molar-refractivity contribution in [2.75, 3.05) is 53.5 Å². The van der Waals surface area contributed by atoms with Crippen LogP contribution in [0.3, 0.4) is 0 Å². The molecule has 1 saturated heterocycles. The smallest absolute Gasteiger partial charge is 0.191 e. The first-order valence-electron chi connectivity index (χ1n) is 7.36. The summed E-state index contributed by atoms with van der Waals surface area (Å²) in [5, 5.41) is 0. The summed E-state index contributed by atoms with van der Waals surface area (Å²) in [6, 6.07) is 0. The van der Waals surface area contributed by atoms with Crippen molar-refractivity contribution in [3.8, 4) is 0 Å². The Morgan fingerprint density at radius 3 is 2.85 bits per heavy atom. The van der Waals surface area contributed by atoms with Gasteiger partial charge in [-0.3, -0.25) is 4.99 Å². The first-order valence-corrected chi connectivity index (χ1v) is 7.36. The quantitative estimate of drug-likeness (QED) is 0.307. The minimum atomic E-state index is 0. The van der Waals surface area contributed by atoms with Gasteiger partial charge in [0, 0.05) is 33.3 Å². The van der Waals surface area contributed by atoms with Crippen molar-refractivity contribution in [1.82, 2.24) is 9.80 Å². The molecule has 120 valence electrons. The molecule has 1 aliphatic rings. The second-order valence-electron chi connectivity index (χ2n) is 5.58. The van der Waals surface area contributed by atoms with E-state index in [1.54, 1.807) is 7.11 Å². The molecular weight excluding hydrogens is 367 g/mol. The lowest BCUT2D eigenvalue weighted by molar-refractivity contribution is 0.161. The van der Waals surface area contributed by atoms with E-state index >= 15 is 0 Å². The predicted octanol–water partition coefficient (Wildman–Crippen LogP) is 1.62. The zero-order valence-electron chi connectivity index (χ0n) is 13.2. The van der Waals surface area contributed by atoms with E-state index in [9.17, 15) is 0 Å². The molecule has 2 N–H and O–H groups in total. The average molecular weight is 398 g/mol. The lowest BCUT2D eigenvalue weighted by Gasteiger charge is -2.31. The highest BCUT2D eigenvalue weighted by Gasteiger charge is 2.17. The lowest BCUT2D eigenvalue weighted by Crippen LogP contribution is -2.43. The topological polar surface area (TPSA) is 54.1 Å². The minimum absolute atomic E-state index is 0. The summed E-state index contributed by atoms with van der Waals surface area (Å²) in [7, 11) is 3.84. The van der Waals surface area contributed by atoms with Crippen molar-refractivity contribution in [2.24, 2.45) is 16.6 Å². The molecule has 1 unspecified atom stereocenters. The molecular formula is C14H31IN4O. The molecule has 1 atom stereocenters. The van der Waals surface area contributed by atoms with Crippen molar-refractivity contribution in [1.29, 1.82) is 0 Å². The number of likely N-dealkylation sites (N-methyl/N-ethyl adjacent to an activating group) is 1. The van der Waals surface area contributed by atoms with E-state index in [4.69, 9.17) is 10.5 Å². The number of nitrogens with zero attached hydrogens (tertiary/aromatic N) is 3. The first kappa shape index (κ1) is 19.9. The molecule has 0 aromatic heterocycles. The van der Waals surface area contributed by atoms with Gasteiger partial charge in [-0.1, -0.05) is 6.92 Å². The van der Waals surface area contributed by atoms with Crippen LogP contribution in [0.2, 0.25) is 0 Å². The van der Waals surface area contributed by atoms with Crippen LogP contribution in [0.4, 0.5) is 0 Å². The molecule has 6 heteroatoms. The first-order chi connectivity index (χ1) is 9.13. The van der Waals surface area contributed by atoms with E-state index < -0.39 is 0 Å². The van der Waals surface area contributed by atoms with Crippen molar-refractivity contribution in [2.45, 2.75) is 26.2 Å². The molecule has 0 spiro atoms. The van der Waals surface area contributed by atoms with Crippen molar-refractivity contribution >= 4 is 29.9 Å². The highest BCUT2D eigenvalue weighted by atomic mass is 127. The Labute approximate surface area is 140 Å². The van der Waals surface area contributed by atoms with Crippen LogP contribution in [-0.2, 0) is 4.74 Å². The SMILES string of the molecule is COCCN(C)CCCN=C(N)N1CCCC(C)C1.I. The Bertz CT molecular complexity index is 276. The van der Waals surface area contributed by atoms with Gasteiger partial charge in [-0.05, 0) is 38.8 Å². The minimum Gasteiger partial charge on any atom is -0.383 e. The largest absolute Gasteiger partial charge is 0.383 e. The van der Waals surface area contributed by atoms with Gasteiger partial charge < -0.3 is 20.3 Å². The number of hydrogen-bond acceptors (Lipinski definition) is 3. The average Bonchev–Trinajstić information content (AvgIpc) is 2.41. The number of likely N-dealkylation sites (tertiary alicyclic amines) is 1. The summed E-state index contributed by atoms with van der Waals surface area (Å²) < 4.78 is 5.05. The zero-order chi connectivity index (χ0) is 14.1. The summed E-state index contributed by atoms with van der Waals surface area (Å²) in [4.78, 5) is 8.98. The summed E-state index contributed by atoms with van der Waals surface area (Å²) in [6.45, 7) is 8.01. The molecule has 1 rings (SSSR count). The Kier molecular flexibility index (Phi) is 11.5. The van der Waals surface area contributed by atoms with Gasteiger partial charge in [-0.25, -0.2) is 0 Å². The second-order valence-corrected chi connectivity index (χ2v) is 5.58. The number of aliphatic imine (C=N–C) groups is 1. The molecule has 1 fully saturated rings. The second kappa shape index (κ2) is 11.6. The number of methoxy groups -OCH3 is 1.